The Labute approximate surface area is 189 Å². The molecule has 0 atom stereocenters. The van der Waals surface area contributed by atoms with Crippen LogP contribution < -0.4 is 10.7 Å². The number of carbonyl (C=O) groups excluding carboxylic acids is 2. The van der Waals surface area contributed by atoms with Crippen LogP contribution in [0, 0.1) is 10.1 Å². The van der Waals surface area contributed by atoms with E-state index >= 15 is 0 Å². The topological polar surface area (TPSA) is 127 Å². The lowest BCUT2D eigenvalue weighted by Crippen LogP contribution is -2.17. The first-order valence-electron chi connectivity index (χ1n) is 9.07. The van der Waals surface area contributed by atoms with Crippen LogP contribution in [0.3, 0.4) is 0 Å². The summed E-state index contributed by atoms with van der Waals surface area (Å²) in [7, 11) is 0. The molecule has 2 aromatic carbocycles. The molecule has 0 aliphatic rings. The Balaban J connectivity index is 1.44. The number of nitro groups is 1. The number of hydrazone groups is 1. The summed E-state index contributed by atoms with van der Waals surface area (Å²) in [5.74, 6) is -0.392. The number of thiophene rings is 1. The highest BCUT2D eigenvalue weighted by atomic mass is 35.5. The predicted octanol–water partition coefficient (Wildman–Crippen LogP) is 5.07. The van der Waals surface area contributed by atoms with Crippen molar-refractivity contribution in [3.63, 3.8) is 0 Å². The highest BCUT2D eigenvalue weighted by molar-refractivity contribution is 7.21. The summed E-state index contributed by atoms with van der Waals surface area (Å²) in [6, 6.07) is 13.8. The minimum atomic E-state index is -0.507. The molecule has 2 amide bonds. The number of furan rings is 1. The molecular formula is C21H13ClN4O5S. The van der Waals surface area contributed by atoms with E-state index in [1.54, 1.807) is 24.3 Å². The molecule has 0 fully saturated rings. The van der Waals surface area contributed by atoms with Crippen molar-refractivity contribution in [3.05, 3.63) is 92.2 Å². The minimum Gasteiger partial charge on any atom is -0.463 e. The van der Waals surface area contributed by atoms with Gasteiger partial charge in [0.1, 0.15) is 10.6 Å². The Morgan fingerprint density at radius 1 is 1.12 bits per heavy atom. The number of rotatable bonds is 6. The zero-order valence-electron chi connectivity index (χ0n) is 16.1. The molecule has 0 radical (unpaired) electrons. The van der Waals surface area contributed by atoms with Gasteiger partial charge in [0.2, 0.25) is 0 Å². The number of anilines is 1. The van der Waals surface area contributed by atoms with Gasteiger partial charge in [-0.2, -0.15) is 5.10 Å². The molecule has 32 heavy (non-hydrogen) atoms. The average Bonchev–Trinajstić information content (AvgIpc) is 3.42. The number of hydrogen-bond acceptors (Lipinski definition) is 7. The highest BCUT2D eigenvalue weighted by Gasteiger charge is 2.19. The van der Waals surface area contributed by atoms with Gasteiger partial charge in [0.25, 0.3) is 17.5 Å². The second kappa shape index (κ2) is 9.00. The summed E-state index contributed by atoms with van der Waals surface area (Å²) in [6.07, 6.45) is 2.86. The molecule has 0 spiro atoms. The van der Waals surface area contributed by atoms with Crippen molar-refractivity contribution in [2.45, 2.75) is 0 Å². The first-order valence-corrected chi connectivity index (χ1v) is 10.3. The van der Waals surface area contributed by atoms with E-state index in [-0.39, 0.29) is 15.6 Å². The average molecular weight is 469 g/mol. The van der Waals surface area contributed by atoms with Crippen molar-refractivity contribution in [2.75, 3.05) is 5.32 Å². The zero-order chi connectivity index (χ0) is 22.7. The van der Waals surface area contributed by atoms with Crippen LogP contribution in [0.4, 0.5) is 11.4 Å². The number of fused-ring (bicyclic) bond motifs is 1. The molecule has 9 nitrogen and oxygen atoms in total. The normalized spacial score (nSPS) is 11.0. The maximum atomic E-state index is 12.7. The van der Waals surface area contributed by atoms with Crippen LogP contribution in [0.2, 0.25) is 5.02 Å². The monoisotopic (exact) mass is 468 g/mol. The molecule has 0 bridgehead atoms. The molecule has 11 heteroatoms. The molecule has 0 saturated carbocycles. The van der Waals surface area contributed by atoms with Crippen LogP contribution >= 0.6 is 22.9 Å². The van der Waals surface area contributed by atoms with Gasteiger partial charge in [0.15, 0.2) is 0 Å². The predicted molar refractivity (Wildman–Crippen MR) is 122 cm³/mol. The van der Waals surface area contributed by atoms with E-state index in [1.807, 2.05) is 0 Å². The van der Waals surface area contributed by atoms with Crippen LogP contribution in [0.15, 0.2) is 70.4 Å². The maximum absolute atomic E-state index is 12.7. The fraction of sp³-hybridized carbons (Fsp3) is 0. The van der Waals surface area contributed by atoms with Crippen molar-refractivity contribution >= 4 is 62.4 Å². The molecule has 2 aromatic heterocycles. The molecule has 0 aliphatic heterocycles. The van der Waals surface area contributed by atoms with Crippen molar-refractivity contribution < 1.29 is 18.9 Å². The number of nitrogens with zero attached hydrogens (tertiary/aromatic N) is 2. The number of nitrogens with one attached hydrogen (secondary N) is 2. The smallest absolute Gasteiger partial charge is 0.271 e. The summed E-state index contributed by atoms with van der Waals surface area (Å²) in [6.45, 7) is 0. The van der Waals surface area contributed by atoms with Crippen LogP contribution in [0.5, 0.6) is 0 Å². The second-order valence-corrected chi connectivity index (χ2v) is 7.86. The van der Waals surface area contributed by atoms with E-state index in [0.717, 1.165) is 11.3 Å². The van der Waals surface area contributed by atoms with Crippen LogP contribution in [-0.4, -0.2) is 23.0 Å². The molecule has 0 saturated heterocycles. The fourth-order valence-electron chi connectivity index (χ4n) is 2.79. The van der Waals surface area contributed by atoms with Gasteiger partial charge in [-0.05, 0) is 42.5 Å². The Morgan fingerprint density at radius 3 is 2.59 bits per heavy atom. The lowest BCUT2D eigenvalue weighted by atomic mass is 10.2. The third kappa shape index (κ3) is 4.51. The molecule has 4 rings (SSSR count). The van der Waals surface area contributed by atoms with Crippen molar-refractivity contribution in [3.8, 4) is 0 Å². The molecule has 4 aromatic rings. The standard InChI is InChI=1S/C21H13ClN4O5S/c22-18-16-8-7-14(26(29)30)10-17(16)32-19(18)21(28)24-13-5-3-12(4-6-13)20(27)25-23-11-15-2-1-9-31-15/h1-11H,(H,24,28)(H,25,27)/b23-11-. The SMILES string of the molecule is O=C(N/N=C\c1ccco1)c1ccc(NC(=O)c2sc3cc([N+](=O)[O-])ccc3c2Cl)cc1. The van der Waals surface area contributed by atoms with E-state index in [4.69, 9.17) is 16.0 Å². The fourth-order valence-corrected chi connectivity index (χ4v) is 4.24. The number of hydrogen-bond donors (Lipinski definition) is 2. The maximum Gasteiger partial charge on any atom is 0.271 e. The minimum absolute atomic E-state index is 0.0789. The van der Waals surface area contributed by atoms with Crippen LogP contribution in [0.1, 0.15) is 25.8 Å². The number of nitro benzene ring substituents is 1. The van der Waals surface area contributed by atoms with E-state index < -0.39 is 16.7 Å². The number of non-ortho nitro benzene ring substituents is 1. The molecule has 0 aliphatic carbocycles. The number of carbonyl (C=O) groups is 2. The quantitative estimate of drug-likeness (QED) is 0.232. The highest BCUT2D eigenvalue weighted by Crippen LogP contribution is 2.37. The number of benzene rings is 2. The Morgan fingerprint density at radius 2 is 1.91 bits per heavy atom. The molecule has 0 unspecified atom stereocenters. The van der Waals surface area contributed by atoms with Crippen LogP contribution in [-0.2, 0) is 0 Å². The van der Waals surface area contributed by atoms with E-state index in [0.29, 0.717) is 27.1 Å². The van der Waals surface area contributed by atoms with Gasteiger partial charge in [0.05, 0.1) is 22.4 Å². The number of amides is 2. The summed E-state index contributed by atoms with van der Waals surface area (Å²) < 4.78 is 5.61. The largest absolute Gasteiger partial charge is 0.463 e. The Bertz CT molecular complexity index is 1350. The van der Waals surface area contributed by atoms with Gasteiger partial charge < -0.3 is 9.73 Å². The van der Waals surface area contributed by atoms with Gasteiger partial charge >= 0.3 is 0 Å². The van der Waals surface area contributed by atoms with Crippen LogP contribution in [0.25, 0.3) is 10.1 Å². The Hall–Kier alpha value is -4.02. The van der Waals surface area contributed by atoms with Gasteiger partial charge in [-0.1, -0.05) is 11.6 Å². The first kappa shape index (κ1) is 21.2. The summed E-state index contributed by atoms with van der Waals surface area (Å²) in [5.41, 5.74) is 3.09. The Kier molecular flexibility index (Phi) is 5.97. The first-order chi connectivity index (χ1) is 15.4. The van der Waals surface area contributed by atoms with Crippen molar-refractivity contribution in [1.29, 1.82) is 0 Å². The lowest BCUT2D eigenvalue weighted by molar-refractivity contribution is -0.384. The second-order valence-electron chi connectivity index (χ2n) is 6.43. The zero-order valence-corrected chi connectivity index (χ0v) is 17.6. The molecule has 2 heterocycles. The van der Waals surface area contributed by atoms with Gasteiger partial charge in [-0.15, -0.1) is 11.3 Å². The van der Waals surface area contributed by atoms with Gasteiger partial charge in [-0.3, -0.25) is 19.7 Å². The molecule has 2 N–H and O–H groups in total. The lowest BCUT2D eigenvalue weighted by Gasteiger charge is -2.05. The summed E-state index contributed by atoms with van der Waals surface area (Å²) in [5, 5.41) is 18.3. The van der Waals surface area contributed by atoms with Crippen molar-refractivity contribution in [1.82, 2.24) is 5.43 Å². The van der Waals surface area contributed by atoms with Gasteiger partial charge in [0, 0.05) is 33.5 Å². The molecule has 160 valence electrons. The number of halogens is 1. The summed E-state index contributed by atoms with van der Waals surface area (Å²) in [4.78, 5) is 35.5. The van der Waals surface area contributed by atoms with Gasteiger partial charge in [-0.25, -0.2) is 5.43 Å². The van der Waals surface area contributed by atoms with E-state index in [2.05, 4.69) is 15.8 Å². The third-order valence-electron chi connectivity index (χ3n) is 4.34. The molecular weight excluding hydrogens is 456 g/mol. The van der Waals surface area contributed by atoms with Crippen molar-refractivity contribution in [2.24, 2.45) is 5.10 Å². The third-order valence-corrected chi connectivity index (χ3v) is 5.99. The van der Waals surface area contributed by atoms with E-state index in [1.165, 1.54) is 42.8 Å². The van der Waals surface area contributed by atoms with E-state index in [9.17, 15) is 19.7 Å². The summed E-state index contributed by atoms with van der Waals surface area (Å²) >= 11 is 7.37.